The van der Waals surface area contributed by atoms with Crippen LogP contribution in [0.1, 0.15) is 29.7 Å². The number of halogens is 2. The SMILES string of the molecule is C.NCc1cccc(F)c1.O=C(Cc1ccc(-c2ccccc2)cc1)NCc1cccc(F)c1.O=C(O)Cc1ccc(-c2ccccc2)cc1. The number of carboxylic acids is 1. The van der Waals surface area contributed by atoms with Crippen LogP contribution >= 0.6 is 0 Å². The van der Waals surface area contributed by atoms with Crippen molar-refractivity contribution in [2.75, 3.05) is 0 Å². The second-order valence-corrected chi connectivity index (χ2v) is 11.1. The first-order valence-corrected chi connectivity index (χ1v) is 15.7. The van der Waals surface area contributed by atoms with Crippen LogP contribution in [-0.4, -0.2) is 17.0 Å². The van der Waals surface area contributed by atoms with E-state index in [0.717, 1.165) is 44.5 Å². The highest BCUT2D eigenvalue weighted by atomic mass is 19.1. The second kappa shape index (κ2) is 20.4. The van der Waals surface area contributed by atoms with Crippen molar-refractivity contribution in [3.05, 3.63) is 192 Å². The molecule has 256 valence electrons. The van der Waals surface area contributed by atoms with Crippen LogP contribution in [0.3, 0.4) is 0 Å². The Kier molecular flexibility index (Phi) is 15.8. The Morgan fingerprint density at radius 2 is 0.940 bits per heavy atom. The number of amides is 1. The van der Waals surface area contributed by atoms with E-state index in [2.05, 4.69) is 17.4 Å². The molecule has 0 spiro atoms. The van der Waals surface area contributed by atoms with Gasteiger partial charge in [-0.25, -0.2) is 8.78 Å². The van der Waals surface area contributed by atoms with Crippen LogP contribution in [0.2, 0.25) is 0 Å². The number of nitrogens with two attached hydrogens (primary N) is 1. The van der Waals surface area contributed by atoms with Gasteiger partial charge in [0.05, 0.1) is 12.8 Å². The molecule has 0 aromatic heterocycles. The van der Waals surface area contributed by atoms with Gasteiger partial charge in [-0.15, -0.1) is 0 Å². The first-order chi connectivity index (χ1) is 23.8. The molecule has 0 saturated heterocycles. The zero-order valence-electron chi connectivity index (χ0n) is 26.9. The van der Waals surface area contributed by atoms with Gasteiger partial charge in [0.25, 0.3) is 0 Å². The highest BCUT2D eigenvalue weighted by Crippen LogP contribution is 2.20. The number of rotatable bonds is 9. The molecule has 4 N–H and O–H groups in total. The number of benzene rings is 6. The van der Waals surface area contributed by atoms with E-state index in [1.54, 1.807) is 24.3 Å². The summed E-state index contributed by atoms with van der Waals surface area (Å²) < 4.78 is 25.4. The van der Waals surface area contributed by atoms with Crippen LogP contribution in [0.15, 0.2) is 158 Å². The minimum Gasteiger partial charge on any atom is -0.481 e. The van der Waals surface area contributed by atoms with Gasteiger partial charge in [0.15, 0.2) is 0 Å². The predicted octanol–water partition coefficient (Wildman–Crippen LogP) is 9.25. The van der Waals surface area contributed by atoms with E-state index in [0.29, 0.717) is 19.5 Å². The van der Waals surface area contributed by atoms with E-state index < -0.39 is 5.97 Å². The number of carbonyl (C=O) groups excluding carboxylic acids is 1. The molecule has 0 aliphatic carbocycles. The van der Waals surface area contributed by atoms with E-state index in [1.807, 2.05) is 97.1 Å². The maximum Gasteiger partial charge on any atom is 0.307 e. The third-order valence-corrected chi connectivity index (χ3v) is 7.35. The quantitative estimate of drug-likeness (QED) is 0.143. The fourth-order valence-electron chi connectivity index (χ4n) is 4.83. The fraction of sp³-hybridized carbons (Fsp3) is 0.116. The molecule has 0 saturated carbocycles. The maximum atomic E-state index is 13.1. The normalized spacial score (nSPS) is 9.90. The number of carbonyl (C=O) groups is 2. The zero-order chi connectivity index (χ0) is 34.8. The molecule has 50 heavy (non-hydrogen) atoms. The Labute approximate surface area is 293 Å². The molecule has 6 aromatic rings. The number of carboxylic acid groups (broad SMARTS) is 1. The molecule has 0 atom stereocenters. The standard InChI is InChI=1S/C21H18FNO.C14H12O2.C7H8FN.CH4/c22-20-8-4-5-17(13-20)15-23-21(24)14-16-9-11-19(12-10-16)18-6-2-1-3-7-18;15-14(16)10-11-6-8-13(9-7-11)12-4-2-1-3-5-12;8-7-3-1-2-6(4-7)5-9;/h1-13H,14-15H2,(H,23,24);1-9H,10H2,(H,15,16);1-4H,5,9H2;1H4. The molecule has 6 rings (SSSR count). The predicted molar refractivity (Wildman–Crippen MR) is 198 cm³/mol. The van der Waals surface area contributed by atoms with Gasteiger partial charge in [-0.05, 0) is 68.8 Å². The van der Waals surface area contributed by atoms with Crippen molar-refractivity contribution in [3.63, 3.8) is 0 Å². The van der Waals surface area contributed by atoms with Crippen LogP contribution in [0, 0.1) is 11.6 Å². The Hall–Kier alpha value is -5.92. The van der Waals surface area contributed by atoms with Gasteiger partial charge in [-0.2, -0.15) is 0 Å². The monoisotopic (exact) mass is 672 g/mol. The van der Waals surface area contributed by atoms with Gasteiger partial charge in [-0.1, -0.05) is 141 Å². The Balaban J connectivity index is 0.000000224. The number of hydrogen-bond acceptors (Lipinski definition) is 3. The maximum absolute atomic E-state index is 13.1. The van der Waals surface area contributed by atoms with Crippen molar-refractivity contribution in [1.29, 1.82) is 0 Å². The molecule has 5 nitrogen and oxygen atoms in total. The van der Waals surface area contributed by atoms with E-state index in [1.165, 1.54) is 24.3 Å². The summed E-state index contributed by atoms with van der Waals surface area (Å²) in [6.07, 6.45) is 0.388. The Morgan fingerprint density at radius 3 is 1.36 bits per heavy atom. The molecule has 0 bridgehead atoms. The minimum atomic E-state index is -0.799. The van der Waals surface area contributed by atoms with Crippen LogP contribution in [0.25, 0.3) is 22.3 Å². The lowest BCUT2D eigenvalue weighted by Gasteiger charge is -2.07. The van der Waals surface area contributed by atoms with Crippen LogP contribution in [0.4, 0.5) is 8.78 Å². The molecular weight excluding hydrogens is 630 g/mol. The van der Waals surface area contributed by atoms with E-state index in [4.69, 9.17) is 10.8 Å². The molecule has 6 aromatic carbocycles. The first kappa shape index (κ1) is 38.5. The van der Waals surface area contributed by atoms with Crippen molar-refractivity contribution in [1.82, 2.24) is 5.32 Å². The summed E-state index contributed by atoms with van der Waals surface area (Å²) >= 11 is 0. The molecule has 0 fully saturated rings. The summed E-state index contributed by atoms with van der Waals surface area (Å²) in [5.74, 6) is -1.39. The average Bonchev–Trinajstić information content (AvgIpc) is 3.12. The fourth-order valence-corrected chi connectivity index (χ4v) is 4.83. The molecule has 7 heteroatoms. The van der Waals surface area contributed by atoms with Crippen LogP contribution in [0.5, 0.6) is 0 Å². The van der Waals surface area contributed by atoms with Crippen molar-refractivity contribution in [3.8, 4) is 22.3 Å². The largest absolute Gasteiger partial charge is 0.481 e. The van der Waals surface area contributed by atoms with E-state index >= 15 is 0 Å². The summed E-state index contributed by atoms with van der Waals surface area (Å²) in [4.78, 5) is 22.5. The van der Waals surface area contributed by atoms with Gasteiger partial charge < -0.3 is 16.2 Å². The van der Waals surface area contributed by atoms with Crippen molar-refractivity contribution in [2.45, 2.75) is 33.4 Å². The number of hydrogen-bond donors (Lipinski definition) is 3. The van der Waals surface area contributed by atoms with Crippen LogP contribution in [-0.2, 0) is 35.5 Å². The van der Waals surface area contributed by atoms with Gasteiger partial charge in [-0.3, -0.25) is 9.59 Å². The molecule has 0 heterocycles. The molecule has 0 aliphatic heterocycles. The summed E-state index contributed by atoms with van der Waals surface area (Å²) in [5.41, 5.74) is 13.1. The molecule has 0 aliphatic rings. The lowest BCUT2D eigenvalue weighted by Crippen LogP contribution is -2.24. The topological polar surface area (TPSA) is 92.4 Å². The zero-order valence-corrected chi connectivity index (χ0v) is 26.9. The summed E-state index contributed by atoms with van der Waals surface area (Å²) in [5, 5.41) is 11.5. The third kappa shape index (κ3) is 13.3. The minimum absolute atomic E-state index is 0. The second-order valence-electron chi connectivity index (χ2n) is 11.1. The third-order valence-electron chi connectivity index (χ3n) is 7.35. The summed E-state index contributed by atoms with van der Waals surface area (Å²) in [7, 11) is 0. The highest BCUT2D eigenvalue weighted by molar-refractivity contribution is 5.79. The average molecular weight is 673 g/mol. The smallest absolute Gasteiger partial charge is 0.307 e. The summed E-state index contributed by atoms with van der Waals surface area (Å²) in [6, 6.07) is 48.2. The molecular formula is C43H42F2N2O3. The number of nitrogens with one attached hydrogen (secondary N) is 1. The molecule has 0 radical (unpaired) electrons. The molecule has 1 amide bonds. The van der Waals surface area contributed by atoms with Gasteiger partial charge >= 0.3 is 5.97 Å². The van der Waals surface area contributed by atoms with Crippen LogP contribution < -0.4 is 11.1 Å². The van der Waals surface area contributed by atoms with Gasteiger partial charge in [0, 0.05) is 13.1 Å². The first-order valence-electron chi connectivity index (χ1n) is 15.7. The van der Waals surface area contributed by atoms with Crippen molar-refractivity contribution >= 4 is 11.9 Å². The Morgan fingerprint density at radius 1 is 0.520 bits per heavy atom. The molecule has 0 unspecified atom stereocenters. The van der Waals surface area contributed by atoms with Gasteiger partial charge in [0.2, 0.25) is 5.91 Å². The van der Waals surface area contributed by atoms with Crippen molar-refractivity contribution < 1.29 is 23.5 Å². The van der Waals surface area contributed by atoms with Crippen molar-refractivity contribution in [2.24, 2.45) is 5.73 Å². The van der Waals surface area contributed by atoms with E-state index in [9.17, 15) is 18.4 Å². The van der Waals surface area contributed by atoms with E-state index in [-0.39, 0.29) is 31.4 Å². The summed E-state index contributed by atoms with van der Waals surface area (Å²) in [6.45, 7) is 0.733. The van der Waals surface area contributed by atoms with Gasteiger partial charge in [0.1, 0.15) is 11.6 Å². The lowest BCUT2D eigenvalue weighted by molar-refractivity contribution is -0.136. The highest BCUT2D eigenvalue weighted by Gasteiger charge is 2.05. The Bertz CT molecular complexity index is 1900. The number of aliphatic carboxylic acids is 1. The lowest BCUT2D eigenvalue weighted by atomic mass is 10.0.